The SMILES string of the molecule is COc1ccc(OP(=O)(O)Oc2ccc(OC)cc2)cc1.ClCCNCCCl. The molecule has 0 aromatic heterocycles. The topological polar surface area (TPSA) is 86.3 Å². The third-order valence-corrected chi connectivity index (χ3v) is 4.36. The first-order chi connectivity index (χ1) is 13.4. The molecule has 0 saturated heterocycles. The van der Waals surface area contributed by atoms with E-state index in [0.717, 1.165) is 13.1 Å². The van der Waals surface area contributed by atoms with E-state index in [0.29, 0.717) is 23.3 Å². The summed E-state index contributed by atoms with van der Waals surface area (Å²) in [6.07, 6.45) is 0. The van der Waals surface area contributed by atoms with Crippen LogP contribution in [0.25, 0.3) is 0 Å². The first-order valence-electron chi connectivity index (χ1n) is 8.27. The highest BCUT2D eigenvalue weighted by Gasteiger charge is 2.25. The van der Waals surface area contributed by atoms with Gasteiger partial charge in [0, 0.05) is 24.8 Å². The van der Waals surface area contributed by atoms with Gasteiger partial charge in [0.15, 0.2) is 0 Å². The minimum absolute atomic E-state index is 0.204. The number of ether oxygens (including phenoxy) is 2. The molecule has 0 aliphatic heterocycles. The predicted octanol–water partition coefficient (Wildman–Crippen LogP) is 4.32. The number of rotatable bonds is 10. The summed E-state index contributed by atoms with van der Waals surface area (Å²) in [6, 6.07) is 12.5. The summed E-state index contributed by atoms with van der Waals surface area (Å²) in [7, 11) is -1.21. The maximum absolute atomic E-state index is 11.9. The van der Waals surface area contributed by atoms with Crippen LogP contribution < -0.4 is 23.8 Å². The van der Waals surface area contributed by atoms with Gasteiger partial charge < -0.3 is 23.8 Å². The molecule has 0 amide bonds. The average Bonchev–Trinajstić information content (AvgIpc) is 2.69. The summed E-state index contributed by atoms with van der Waals surface area (Å²) in [6.45, 7) is 1.71. The Morgan fingerprint density at radius 3 is 1.39 bits per heavy atom. The van der Waals surface area contributed by atoms with Crippen molar-refractivity contribution in [2.24, 2.45) is 0 Å². The Balaban J connectivity index is 0.000000480. The van der Waals surface area contributed by atoms with Crippen LogP contribution in [0.5, 0.6) is 23.0 Å². The highest BCUT2D eigenvalue weighted by molar-refractivity contribution is 7.48. The van der Waals surface area contributed by atoms with E-state index in [-0.39, 0.29) is 11.5 Å². The molecule has 0 heterocycles. The molecule has 0 spiro atoms. The molecule has 0 bridgehead atoms. The molecule has 2 aromatic carbocycles. The second-order valence-electron chi connectivity index (χ2n) is 5.13. The van der Waals surface area contributed by atoms with Crippen LogP contribution in [0.3, 0.4) is 0 Å². The van der Waals surface area contributed by atoms with E-state index >= 15 is 0 Å². The molecular formula is C18H24Cl2NO6P. The van der Waals surface area contributed by atoms with Crippen molar-refractivity contribution in [3.05, 3.63) is 48.5 Å². The summed E-state index contributed by atoms with van der Waals surface area (Å²) in [5.74, 6) is 2.97. The van der Waals surface area contributed by atoms with E-state index in [4.69, 9.17) is 41.7 Å². The Kier molecular flexibility index (Phi) is 11.8. The zero-order chi connectivity index (χ0) is 20.8. The molecule has 0 fully saturated rings. The Bertz CT molecular complexity index is 658. The van der Waals surface area contributed by atoms with Crippen molar-refractivity contribution >= 4 is 31.0 Å². The number of alkyl halides is 2. The largest absolute Gasteiger partial charge is 0.584 e. The monoisotopic (exact) mass is 451 g/mol. The number of hydrogen-bond acceptors (Lipinski definition) is 6. The smallest absolute Gasteiger partial charge is 0.497 e. The summed E-state index contributed by atoms with van der Waals surface area (Å²) in [5.41, 5.74) is 0. The van der Waals surface area contributed by atoms with Gasteiger partial charge in [0.1, 0.15) is 23.0 Å². The third-order valence-electron chi connectivity index (χ3n) is 3.10. The molecule has 0 aliphatic carbocycles. The Morgan fingerprint density at radius 2 is 1.11 bits per heavy atom. The van der Waals surface area contributed by atoms with Crippen LogP contribution in [-0.2, 0) is 4.57 Å². The molecule has 2 rings (SSSR count). The average molecular weight is 452 g/mol. The Hall–Kier alpha value is -1.63. The summed E-state index contributed by atoms with van der Waals surface area (Å²) >= 11 is 10.7. The van der Waals surface area contributed by atoms with E-state index in [1.54, 1.807) is 24.3 Å². The molecule has 0 aliphatic rings. The van der Waals surface area contributed by atoms with Crippen LogP contribution >= 0.6 is 31.0 Å². The molecule has 0 unspecified atom stereocenters. The van der Waals surface area contributed by atoms with Crippen LogP contribution in [0.15, 0.2) is 48.5 Å². The minimum atomic E-state index is -4.27. The maximum atomic E-state index is 11.9. The second-order valence-corrected chi connectivity index (χ2v) is 7.19. The standard InChI is InChI=1S/C14H15O6P.C4H9Cl2N/c1-17-11-3-7-13(8-4-11)19-21(15,16)20-14-9-5-12(18-2)6-10-14;5-1-3-7-4-2-6/h3-10H,1-2H3,(H,15,16);7H,1-4H2. The number of methoxy groups -OCH3 is 2. The van der Waals surface area contributed by atoms with Crippen LogP contribution in [-0.4, -0.2) is 44.0 Å². The molecule has 2 aromatic rings. The fourth-order valence-electron chi connectivity index (χ4n) is 1.82. The van der Waals surface area contributed by atoms with E-state index in [2.05, 4.69) is 5.32 Å². The van der Waals surface area contributed by atoms with Crippen molar-refractivity contribution in [3.8, 4) is 23.0 Å². The van der Waals surface area contributed by atoms with Crippen molar-refractivity contribution in [2.75, 3.05) is 39.1 Å². The lowest BCUT2D eigenvalue weighted by Gasteiger charge is -2.14. The molecule has 0 saturated carbocycles. The lowest BCUT2D eigenvalue weighted by Crippen LogP contribution is -2.18. The number of benzene rings is 2. The lowest BCUT2D eigenvalue weighted by molar-refractivity contribution is 0.290. The summed E-state index contributed by atoms with van der Waals surface area (Å²) in [4.78, 5) is 9.72. The quantitative estimate of drug-likeness (QED) is 0.316. The van der Waals surface area contributed by atoms with Crippen molar-refractivity contribution in [3.63, 3.8) is 0 Å². The van der Waals surface area contributed by atoms with E-state index in [1.165, 1.54) is 38.5 Å². The molecule has 0 atom stereocenters. The van der Waals surface area contributed by atoms with Crippen molar-refractivity contribution in [2.45, 2.75) is 0 Å². The minimum Gasteiger partial charge on any atom is -0.497 e. The van der Waals surface area contributed by atoms with Gasteiger partial charge in [-0.3, -0.25) is 4.89 Å². The van der Waals surface area contributed by atoms with Gasteiger partial charge in [-0.1, -0.05) is 0 Å². The van der Waals surface area contributed by atoms with Gasteiger partial charge in [0.05, 0.1) is 14.2 Å². The van der Waals surface area contributed by atoms with Gasteiger partial charge in [0.25, 0.3) is 0 Å². The summed E-state index contributed by atoms with van der Waals surface area (Å²) < 4.78 is 31.8. The molecule has 156 valence electrons. The lowest BCUT2D eigenvalue weighted by atomic mass is 10.3. The van der Waals surface area contributed by atoms with Crippen molar-refractivity contribution < 1.29 is 28.0 Å². The normalized spacial score (nSPS) is 10.5. The van der Waals surface area contributed by atoms with E-state index < -0.39 is 7.82 Å². The van der Waals surface area contributed by atoms with Crippen molar-refractivity contribution in [1.29, 1.82) is 0 Å². The van der Waals surface area contributed by atoms with Gasteiger partial charge in [-0.05, 0) is 48.5 Å². The number of phosphoric acid groups is 1. The van der Waals surface area contributed by atoms with Crippen LogP contribution in [0.1, 0.15) is 0 Å². The van der Waals surface area contributed by atoms with Gasteiger partial charge >= 0.3 is 7.82 Å². The zero-order valence-corrected chi connectivity index (χ0v) is 18.0. The maximum Gasteiger partial charge on any atom is 0.584 e. The first kappa shape index (κ1) is 24.4. The van der Waals surface area contributed by atoms with E-state index in [9.17, 15) is 9.46 Å². The molecular weight excluding hydrogens is 428 g/mol. The fraction of sp³-hybridized carbons (Fsp3) is 0.333. The molecule has 0 radical (unpaired) electrons. The molecule has 7 nitrogen and oxygen atoms in total. The van der Waals surface area contributed by atoms with E-state index in [1.807, 2.05) is 0 Å². The third kappa shape index (κ3) is 10.1. The van der Waals surface area contributed by atoms with Crippen molar-refractivity contribution in [1.82, 2.24) is 5.32 Å². The fourth-order valence-corrected chi connectivity index (χ4v) is 2.90. The van der Waals surface area contributed by atoms with Gasteiger partial charge in [-0.15, -0.1) is 23.2 Å². The summed E-state index contributed by atoms with van der Waals surface area (Å²) in [5, 5.41) is 3.02. The Morgan fingerprint density at radius 1 is 0.786 bits per heavy atom. The highest BCUT2D eigenvalue weighted by Crippen LogP contribution is 2.44. The van der Waals surface area contributed by atoms with Gasteiger partial charge in [-0.25, -0.2) is 4.57 Å². The first-order valence-corrected chi connectivity index (χ1v) is 10.8. The number of nitrogens with one attached hydrogen (secondary N) is 1. The number of phosphoric ester groups is 1. The van der Waals surface area contributed by atoms with Crippen LogP contribution in [0, 0.1) is 0 Å². The second kappa shape index (κ2) is 13.5. The highest BCUT2D eigenvalue weighted by atomic mass is 35.5. The van der Waals surface area contributed by atoms with Gasteiger partial charge in [-0.2, -0.15) is 0 Å². The van der Waals surface area contributed by atoms with Crippen LogP contribution in [0.4, 0.5) is 0 Å². The molecule has 2 N–H and O–H groups in total. The van der Waals surface area contributed by atoms with Crippen LogP contribution in [0.2, 0.25) is 0 Å². The predicted molar refractivity (Wildman–Crippen MR) is 111 cm³/mol. The molecule has 10 heteroatoms. The zero-order valence-electron chi connectivity index (χ0n) is 15.6. The van der Waals surface area contributed by atoms with Gasteiger partial charge in [0.2, 0.25) is 0 Å². The number of halogens is 2. The number of hydrogen-bond donors (Lipinski definition) is 2. The molecule has 28 heavy (non-hydrogen) atoms. The Labute approximate surface area is 175 Å².